The molecule has 0 heterocycles. The van der Waals surface area contributed by atoms with Gasteiger partial charge in [0.15, 0.2) is 12.4 Å². The van der Waals surface area contributed by atoms with E-state index in [1.54, 1.807) is 18.2 Å². The number of ketones is 1. The predicted molar refractivity (Wildman–Crippen MR) is 94.9 cm³/mol. The van der Waals surface area contributed by atoms with Crippen LogP contribution in [-0.2, 0) is 5.41 Å². The van der Waals surface area contributed by atoms with E-state index in [9.17, 15) is 9.59 Å². The lowest BCUT2D eigenvalue weighted by Crippen LogP contribution is -2.17. The monoisotopic (exact) mass is 345 g/mol. The predicted octanol–water partition coefficient (Wildman–Crippen LogP) is 4.00. The Hall–Kier alpha value is -2.33. The standard InChI is InChI=1S/C19H20ClNO3/c1-19(2,3)13-6-4-12(5-7-13)16(22)11-24-17-9-8-14(20)10-15(17)18(21)23/h4-10H,11H2,1-3H3,(H2,21,23). The molecule has 0 bridgehead atoms. The zero-order chi connectivity index (χ0) is 17.9. The number of halogens is 1. The van der Waals surface area contributed by atoms with E-state index in [0.717, 1.165) is 5.56 Å². The summed E-state index contributed by atoms with van der Waals surface area (Å²) in [6.07, 6.45) is 0. The summed E-state index contributed by atoms with van der Waals surface area (Å²) in [4.78, 5) is 23.7. The van der Waals surface area contributed by atoms with Gasteiger partial charge in [-0.25, -0.2) is 0 Å². The molecule has 0 aromatic heterocycles. The SMILES string of the molecule is CC(C)(C)c1ccc(C(=O)COc2ccc(Cl)cc2C(N)=O)cc1. The first kappa shape index (κ1) is 18.0. The van der Waals surface area contributed by atoms with Crippen molar-refractivity contribution in [1.82, 2.24) is 0 Å². The fourth-order valence-corrected chi connectivity index (χ4v) is 2.38. The summed E-state index contributed by atoms with van der Waals surface area (Å²) in [6, 6.07) is 12.0. The first-order valence-electron chi connectivity index (χ1n) is 7.54. The molecule has 0 aliphatic heterocycles. The number of nitrogens with two attached hydrogens (primary N) is 1. The van der Waals surface area contributed by atoms with E-state index in [4.69, 9.17) is 22.1 Å². The lowest BCUT2D eigenvalue weighted by Gasteiger charge is -2.19. The zero-order valence-corrected chi connectivity index (χ0v) is 14.7. The van der Waals surface area contributed by atoms with Crippen LogP contribution in [0.5, 0.6) is 5.75 Å². The second-order valence-corrected chi connectivity index (χ2v) is 6.98. The van der Waals surface area contributed by atoms with E-state index < -0.39 is 5.91 Å². The Kier molecular flexibility index (Phi) is 5.30. The Morgan fingerprint density at radius 2 is 1.71 bits per heavy atom. The maximum Gasteiger partial charge on any atom is 0.252 e. The molecule has 24 heavy (non-hydrogen) atoms. The normalized spacial score (nSPS) is 11.2. The minimum atomic E-state index is -0.658. The van der Waals surface area contributed by atoms with Gasteiger partial charge in [0.1, 0.15) is 5.75 Å². The molecule has 1 amide bonds. The minimum absolute atomic E-state index is 0.0256. The number of amides is 1. The van der Waals surface area contributed by atoms with Gasteiger partial charge in [-0.05, 0) is 29.2 Å². The highest BCUT2D eigenvalue weighted by Crippen LogP contribution is 2.24. The van der Waals surface area contributed by atoms with Crippen LogP contribution in [0.2, 0.25) is 5.02 Å². The van der Waals surface area contributed by atoms with Crippen LogP contribution < -0.4 is 10.5 Å². The Bertz CT molecular complexity index is 761. The first-order valence-corrected chi connectivity index (χ1v) is 7.92. The maximum absolute atomic E-state index is 12.3. The summed E-state index contributed by atoms with van der Waals surface area (Å²) in [5.41, 5.74) is 7.17. The molecule has 0 fully saturated rings. The van der Waals surface area contributed by atoms with Crippen molar-refractivity contribution in [2.24, 2.45) is 5.73 Å². The quantitative estimate of drug-likeness (QED) is 0.833. The van der Waals surface area contributed by atoms with E-state index in [-0.39, 0.29) is 29.1 Å². The van der Waals surface area contributed by atoms with E-state index in [2.05, 4.69) is 20.8 Å². The molecule has 126 valence electrons. The molecule has 0 aliphatic carbocycles. The molecule has 2 aromatic carbocycles. The number of hydrogen-bond acceptors (Lipinski definition) is 3. The van der Waals surface area contributed by atoms with E-state index in [1.807, 2.05) is 12.1 Å². The van der Waals surface area contributed by atoms with Crippen LogP contribution in [-0.4, -0.2) is 18.3 Å². The lowest BCUT2D eigenvalue weighted by atomic mass is 9.86. The number of hydrogen-bond donors (Lipinski definition) is 1. The molecule has 2 N–H and O–H groups in total. The van der Waals surface area contributed by atoms with Crippen LogP contribution in [0, 0.1) is 0 Å². The molecule has 2 rings (SSSR count). The van der Waals surface area contributed by atoms with E-state index in [0.29, 0.717) is 10.6 Å². The van der Waals surface area contributed by atoms with Crippen molar-refractivity contribution in [2.75, 3.05) is 6.61 Å². The first-order chi connectivity index (χ1) is 11.2. The third-order valence-electron chi connectivity index (χ3n) is 3.64. The highest BCUT2D eigenvalue weighted by atomic mass is 35.5. The summed E-state index contributed by atoms with van der Waals surface area (Å²) in [6.45, 7) is 6.15. The number of Topliss-reactive ketones (excluding diaryl/α,β-unsaturated/α-hetero) is 1. The largest absolute Gasteiger partial charge is 0.485 e. The van der Waals surface area contributed by atoms with E-state index >= 15 is 0 Å². The van der Waals surface area contributed by atoms with Gasteiger partial charge in [-0.2, -0.15) is 0 Å². The topological polar surface area (TPSA) is 69.4 Å². The Labute approximate surface area is 146 Å². The fourth-order valence-electron chi connectivity index (χ4n) is 2.20. The van der Waals surface area contributed by atoms with Gasteiger partial charge in [-0.3, -0.25) is 9.59 Å². The van der Waals surface area contributed by atoms with Gasteiger partial charge in [0.25, 0.3) is 5.91 Å². The second-order valence-electron chi connectivity index (χ2n) is 6.54. The maximum atomic E-state index is 12.3. The third-order valence-corrected chi connectivity index (χ3v) is 3.87. The summed E-state index contributed by atoms with van der Waals surface area (Å²) in [7, 11) is 0. The van der Waals surface area contributed by atoms with Crippen molar-refractivity contribution >= 4 is 23.3 Å². The molecule has 4 nitrogen and oxygen atoms in total. The van der Waals surface area contributed by atoms with Crippen LogP contribution in [0.3, 0.4) is 0 Å². The molecule has 5 heteroatoms. The molecule has 2 aromatic rings. The summed E-state index contributed by atoms with van der Waals surface area (Å²) in [5, 5.41) is 0.375. The third kappa shape index (κ3) is 4.36. The molecule has 0 saturated carbocycles. The highest BCUT2D eigenvalue weighted by Gasteiger charge is 2.16. The van der Waals surface area contributed by atoms with Gasteiger partial charge < -0.3 is 10.5 Å². The van der Waals surface area contributed by atoms with Crippen molar-refractivity contribution in [3.05, 3.63) is 64.2 Å². The number of benzene rings is 2. The average Bonchev–Trinajstić information content (AvgIpc) is 2.52. The lowest BCUT2D eigenvalue weighted by molar-refractivity contribution is 0.0912. The van der Waals surface area contributed by atoms with Crippen LogP contribution >= 0.6 is 11.6 Å². The molecular weight excluding hydrogens is 326 g/mol. The van der Waals surface area contributed by atoms with Crippen LogP contribution in [0.1, 0.15) is 47.1 Å². The molecule has 0 aliphatic rings. The van der Waals surface area contributed by atoms with Crippen LogP contribution in [0.15, 0.2) is 42.5 Å². The summed E-state index contributed by atoms with van der Waals surface area (Å²) >= 11 is 5.84. The Balaban J connectivity index is 2.10. The summed E-state index contributed by atoms with van der Waals surface area (Å²) < 4.78 is 5.46. The minimum Gasteiger partial charge on any atom is -0.485 e. The van der Waals surface area contributed by atoms with Crippen LogP contribution in [0.25, 0.3) is 0 Å². The van der Waals surface area contributed by atoms with Gasteiger partial charge in [0.2, 0.25) is 0 Å². The average molecular weight is 346 g/mol. The number of carbonyl (C=O) groups is 2. The van der Waals surface area contributed by atoms with Gasteiger partial charge in [0, 0.05) is 10.6 Å². The second kappa shape index (κ2) is 7.05. The number of rotatable bonds is 5. The number of ether oxygens (including phenoxy) is 1. The van der Waals surface area contributed by atoms with Crippen molar-refractivity contribution < 1.29 is 14.3 Å². The van der Waals surface area contributed by atoms with Gasteiger partial charge in [-0.15, -0.1) is 0 Å². The van der Waals surface area contributed by atoms with Gasteiger partial charge in [-0.1, -0.05) is 56.6 Å². The van der Waals surface area contributed by atoms with Crippen molar-refractivity contribution in [3.8, 4) is 5.75 Å². The molecular formula is C19H20ClNO3. The Morgan fingerprint density at radius 1 is 1.08 bits per heavy atom. The number of primary amides is 1. The molecule has 0 saturated heterocycles. The molecule has 0 spiro atoms. The molecule has 0 atom stereocenters. The van der Waals surface area contributed by atoms with E-state index in [1.165, 1.54) is 12.1 Å². The van der Waals surface area contributed by atoms with Crippen LogP contribution in [0.4, 0.5) is 0 Å². The van der Waals surface area contributed by atoms with Crippen molar-refractivity contribution in [1.29, 1.82) is 0 Å². The molecule has 0 unspecified atom stereocenters. The Morgan fingerprint density at radius 3 is 2.25 bits per heavy atom. The fraction of sp³-hybridized carbons (Fsp3) is 0.263. The smallest absolute Gasteiger partial charge is 0.252 e. The molecule has 0 radical (unpaired) electrons. The number of carbonyl (C=O) groups excluding carboxylic acids is 2. The zero-order valence-electron chi connectivity index (χ0n) is 13.9. The van der Waals surface area contributed by atoms with Crippen molar-refractivity contribution in [3.63, 3.8) is 0 Å². The van der Waals surface area contributed by atoms with Crippen molar-refractivity contribution in [2.45, 2.75) is 26.2 Å². The highest BCUT2D eigenvalue weighted by molar-refractivity contribution is 6.31. The van der Waals surface area contributed by atoms with Gasteiger partial charge >= 0.3 is 0 Å². The van der Waals surface area contributed by atoms with Gasteiger partial charge in [0.05, 0.1) is 5.56 Å². The summed E-state index contributed by atoms with van der Waals surface area (Å²) in [5.74, 6) is -0.595.